The van der Waals surface area contributed by atoms with E-state index in [4.69, 9.17) is 10.2 Å². The van der Waals surface area contributed by atoms with E-state index >= 15 is 0 Å². The SMILES string of the molecule is Cc1ccc(CN(C)c2c(N)cccc2F)o1. The zero-order valence-electron chi connectivity index (χ0n) is 9.90. The van der Waals surface area contributed by atoms with E-state index in [9.17, 15) is 4.39 Å². The maximum absolute atomic E-state index is 13.7. The molecule has 1 heterocycles. The zero-order chi connectivity index (χ0) is 12.4. The number of hydrogen-bond donors (Lipinski definition) is 1. The molecule has 3 nitrogen and oxygen atoms in total. The molecule has 90 valence electrons. The lowest BCUT2D eigenvalue weighted by molar-refractivity contribution is 0.480. The largest absolute Gasteiger partial charge is 0.464 e. The Labute approximate surface area is 99.6 Å². The summed E-state index contributed by atoms with van der Waals surface area (Å²) in [6.45, 7) is 2.36. The predicted octanol–water partition coefficient (Wildman–Crippen LogP) is 2.95. The van der Waals surface area contributed by atoms with Gasteiger partial charge in [-0.2, -0.15) is 0 Å². The van der Waals surface area contributed by atoms with Crippen LogP contribution in [-0.4, -0.2) is 7.05 Å². The van der Waals surface area contributed by atoms with E-state index in [1.807, 2.05) is 19.1 Å². The summed E-state index contributed by atoms with van der Waals surface area (Å²) in [7, 11) is 1.78. The third-order valence-corrected chi connectivity index (χ3v) is 2.59. The van der Waals surface area contributed by atoms with Gasteiger partial charge < -0.3 is 15.1 Å². The Balaban J connectivity index is 2.22. The van der Waals surface area contributed by atoms with Crippen LogP contribution in [0.1, 0.15) is 11.5 Å². The molecule has 2 rings (SSSR count). The number of nitrogens with zero attached hydrogens (tertiary/aromatic N) is 1. The summed E-state index contributed by atoms with van der Waals surface area (Å²) >= 11 is 0. The number of rotatable bonds is 3. The molecule has 0 saturated heterocycles. The van der Waals surface area contributed by atoms with Gasteiger partial charge in [0.05, 0.1) is 17.9 Å². The van der Waals surface area contributed by atoms with Gasteiger partial charge in [-0.05, 0) is 31.2 Å². The fraction of sp³-hybridized carbons (Fsp3) is 0.231. The molecular formula is C13H15FN2O. The molecular weight excluding hydrogens is 219 g/mol. The average Bonchev–Trinajstić information content (AvgIpc) is 2.63. The van der Waals surface area contributed by atoms with Crippen LogP contribution < -0.4 is 10.6 Å². The summed E-state index contributed by atoms with van der Waals surface area (Å²) in [4.78, 5) is 1.74. The minimum absolute atomic E-state index is 0.323. The van der Waals surface area contributed by atoms with Crippen molar-refractivity contribution in [2.75, 3.05) is 17.7 Å². The van der Waals surface area contributed by atoms with Crippen LogP contribution in [-0.2, 0) is 6.54 Å². The van der Waals surface area contributed by atoms with Crippen LogP contribution in [0.3, 0.4) is 0 Å². The molecule has 0 radical (unpaired) electrons. The van der Waals surface area contributed by atoms with E-state index in [1.165, 1.54) is 6.07 Å². The Bertz CT molecular complexity index is 502. The second kappa shape index (κ2) is 4.49. The van der Waals surface area contributed by atoms with E-state index in [1.54, 1.807) is 24.1 Å². The molecule has 0 unspecified atom stereocenters. The molecule has 17 heavy (non-hydrogen) atoms. The van der Waals surface area contributed by atoms with Gasteiger partial charge in [-0.1, -0.05) is 6.07 Å². The highest BCUT2D eigenvalue weighted by Crippen LogP contribution is 2.26. The van der Waals surface area contributed by atoms with Crippen LogP contribution >= 0.6 is 0 Å². The Morgan fingerprint density at radius 3 is 2.65 bits per heavy atom. The smallest absolute Gasteiger partial charge is 0.148 e. The first-order chi connectivity index (χ1) is 8.08. The monoisotopic (exact) mass is 234 g/mol. The first kappa shape index (κ1) is 11.5. The lowest BCUT2D eigenvalue weighted by atomic mass is 10.2. The van der Waals surface area contributed by atoms with Crippen LogP contribution in [0.15, 0.2) is 34.7 Å². The Kier molecular flexibility index (Phi) is 3.04. The lowest BCUT2D eigenvalue weighted by Crippen LogP contribution is -2.18. The van der Waals surface area contributed by atoms with Crippen molar-refractivity contribution < 1.29 is 8.81 Å². The number of halogens is 1. The summed E-state index contributed by atoms with van der Waals surface area (Å²) in [6.07, 6.45) is 0. The average molecular weight is 234 g/mol. The Hall–Kier alpha value is -1.97. The molecule has 0 aliphatic heterocycles. The summed E-state index contributed by atoms with van der Waals surface area (Å²) in [5, 5.41) is 0. The molecule has 0 fully saturated rings. The Morgan fingerprint density at radius 1 is 1.29 bits per heavy atom. The minimum atomic E-state index is -0.323. The van der Waals surface area contributed by atoms with Crippen LogP contribution in [0.25, 0.3) is 0 Å². The Morgan fingerprint density at radius 2 is 2.06 bits per heavy atom. The fourth-order valence-electron chi connectivity index (χ4n) is 1.82. The second-order valence-electron chi connectivity index (χ2n) is 4.05. The molecule has 1 aromatic carbocycles. The van der Waals surface area contributed by atoms with Gasteiger partial charge in [-0.25, -0.2) is 4.39 Å². The van der Waals surface area contributed by atoms with E-state index in [0.717, 1.165) is 11.5 Å². The molecule has 0 aliphatic rings. The predicted molar refractivity (Wildman–Crippen MR) is 66.4 cm³/mol. The topological polar surface area (TPSA) is 42.4 Å². The first-order valence-electron chi connectivity index (χ1n) is 5.38. The number of para-hydroxylation sites is 1. The maximum atomic E-state index is 13.7. The van der Waals surface area contributed by atoms with Crippen LogP contribution in [0.4, 0.5) is 15.8 Å². The van der Waals surface area contributed by atoms with Gasteiger partial charge in [-0.3, -0.25) is 0 Å². The fourth-order valence-corrected chi connectivity index (χ4v) is 1.82. The maximum Gasteiger partial charge on any atom is 0.148 e. The highest BCUT2D eigenvalue weighted by molar-refractivity contribution is 5.67. The molecule has 0 spiro atoms. The van der Waals surface area contributed by atoms with E-state index in [0.29, 0.717) is 17.9 Å². The van der Waals surface area contributed by atoms with Crippen LogP contribution in [0.5, 0.6) is 0 Å². The van der Waals surface area contributed by atoms with Gasteiger partial charge in [0.25, 0.3) is 0 Å². The molecule has 0 bridgehead atoms. The van der Waals surface area contributed by atoms with Crippen molar-refractivity contribution in [3.8, 4) is 0 Å². The molecule has 2 aromatic rings. The van der Waals surface area contributed by atoms with Crippen molar-refractivity contribution in [1.29, 1.82) is 0 Å². The summed E-state index contributed by atoms with van der Waals surface area (Å²) < 4.78 is 19.1. The quantitative estimate of drug-likeness (QED) is 0.830. The van der Waals surface area contributed by atoms with Crippen molar-refractivity contribution in [3.63, 3.8) is 0 Å². The number of benzene rings is 1. The molecule has 0 aliphatic carbocycles. The number of nitrogens with two attached hydrogens (primary N) is 1. The van der Waals surface area contributed by atoms with Crippen molar-refractivity contribution in [1.82, 2.24) is 0 Å². The zero-order valence-corrected chi connectivity index (χ0v) is 9.90. The van der Waals surface area contributed by atoms with Crippen LogP contribution in [0.2, 0.25) is 0 Å². The first-order valence-corrected chi connectivity index (χ1v) is 5.38. The number of aryl methyl sites for hydroxylation is 1. The van der Waals surface area contributed by atoms with Crippen molar-refractivity contribution >= 4 is 11.4 Å². The number of anilines is 2. The lowest BCUT2D eigenvalue weighted by Gasteiger charge is -2.20. The molecule has 0 amide bonds. The summed E-state index contributed by atoms with van der Waals surface area (Å²) in [5.74, 6) is 1.30. The third kappa shape index (κ3) is 2.41. The van der Waals surface area contributed by atoms with Crippen molar-refractivity contribution in [2.24, 2.45) is 0 Å². The van der Waals surface area contributed by atoms with E-state index in [2.05, 4.69) is 0 Å². The molecule has 2 N–H and O–H groups in total. The molecule has 0 atom stereocenters. The van der Waals surface area contributed by atoms with E-state index in [-0.39, 0.29) is 5.82 Å². The highest BCUT2D eigenvalue weighted by atomic mass is 19.1. The number of furan rings is 1. The summed E-state index contributed by atoms with van der Waals surface area (Å²) in [6, 6.07) is 8.44. The van der Waals surface area contributed by atoms with Gasteiger partial charge in [0.15, 0.2) is 0 Å². The van der Waals surface area contributed by atoms with Gasteiger partial charge >= 0.3 is 0 Å². The standard InChI is InChI=1S/C13H15FN2O/c1-9-6-7-10(17-9)8-16(2)13-11(14)4-3-5-12(13)15/h3-7H,8,15H2,1-2H3. The molecule has 1 aromatic heterocycles. The normalized spacial score (nSPS) is 10.5. The third-order valence-electron chi connectivity index (χ3n) is 2.59. The van der Waals surface area contributed by atoms with E-state index < -0.39 is 0 Å². The molecule has 0 saturated carbocycles. The molecule has 4 heteroatoms. The van der Waals surface area contributed by atoms with Crippen molar-refractivity contribution in [2.45, 2.75) is 13.5 Å². The van der Waals surface area contributed by atoms with Crippen LogP contribution in [0, 0.1) is 12.7 Å². The summed E-state index contributed by atoms with van der Waals surface area (Å²) in [5.41, 5.74) is 6.60. The highest BCUT2D eigenvalue weighted by Gasteiger charge is 2.12. The number of nitrogen functional groups attached to an aromatic ring is 1. The van der Waals surface area contributed by atoms with Gasteiger partial charge in [0.2, 0.25) is 0 Å². The van der Waals surface area contributed by atoms with Gasteiger partial charge in [0, 0.05) is 7.05 Å². The van der Waals surface area contributed by atoms with Gasteiger partial charge in [-0.15, -0.1) is 0 Å². The van der Waals surface area contributed by atoms with Gasteiger partial charge in [0.1, 0.15) is 17.3 Å². The minimum Gasteiger partial charge on any atom is -0.464 e. The number of hydrogen-bond acceptors (Lipinski definition) is 3. The van der Waals surface area contributed by atoms with Crippen molar-refractivity contribution in [3.05, 3.63) is 47.7 Å². The second-order valence-corrected chi connectivity index (χ2v) is 4.05.